The van der Waals surface area contributed by atoms with Gasteiger partial charge >= 0.3 is 5.69 Å². The SMILES string of the molecule is Cc1cc2nc3c(=O)n(C)c(=O)nc-3n(C=O)c2cc1C. The molecule has 2 heterocycles. The van der Waals surface area contributed by atoms with Crippen LogP contribution in [0.25, 0.3) is 22.6 Å². The summed E-state index contributed by atoms with van der Waals surface area (Å²) in [7, 11) is 1.33. The Labute approximate surface area is 118 Å². The van der Waals surface area contributed by atoms with Crippen LogP contribution in [0.1, 0.15) is 11.1 Å². The lowest BCUT2D eigenvalue weighted by molar-refractivity contribution is 0.548. The molecule has 0 fully saturated rings. The van der Waals surface area contributed by atoms with E-state index in [1.807, 2.05) is 13.8 Å². The molecule has 106 valence electrons. The minimum Gasteiger partial charge on any atom is -0.278 e. The van der Waals surface area contributed by atoms with Crippen LogP contribution in [0, 0.1) is 13.8 Å². The van der Waals surface area contributed by atoms with Crippen LogP contribution in [0.2, 0.25) is 0 Å². The summed E-state index contributed by atoms with van der Waals surface area (Å²) in [4.78, 5) is 43.3. The monoisotopic (exact) mass is 284 g/mol. The van der Waals surface area contributed by atoms with Crippen molar-refractivity contribution in [3.05, 3.63) is 44.1 Å². The van der Waals surface area contributed by atoms with E-state index < -0.39 is 11.2 Å². The molecule has 0 aliphatic carbocycles. The van der Waals surface area contributed by atoms with Gasteiger partial charge in [-0.2, -0.15) is 4.98 Å². The highest BCUT2D eigenvalue weighted by Gasteiger charge is 2.20. The van der Waals surface area contributed by atoms with Crippen LogP contribution in [-0.2, 0) is 11.8 Å². The van der Waals surface area contributed by atoms with Crippen molar-refractivity contribution in [2.45, 2.75) is 13.8 Å². The highest BCUT2D eigenvalue weighted by atomic mass is 16.2. The van der Waals surface area contributed by atoms with E-state index >= 15 is 0 Å². The predicted octanol–water partition coefficient (Wildman–Crippen LogP) is 0.250. The number of carbonyl (C=O) groups is 1. The van der Waals surface area contributed by atoms with E-state index in [0.717, 1.165) is 15.7 Å². The van der Waals surface area contributed by atoms with Crippen LogP contribution < -0.4 is 11.2 Å². The first kappa shape index (κ1) is 13.2. The Morgan fingerprint density at radius 2 is 1.76 bits per heavy atom. The van der Waals surface area contributed by atoms with Crippen LogP contribution in [-0.4, -0.2) is 25.5 Å². The van der Waals surface area contributed by atoms with Gasteiger partial charge in [-0.15, -0.1) is 0 Å². The maximum absolute atomic E-state index is 12.1. The van der Waals surface area contributed by atoms with Gasteiger partial charge in [0.15, 0.2) is 11.5 Å². The van der Waals surface area contributed by atoms with Gasteiger partial charge in [0, 0.05) is 7.05 Å². The molecule has 0 atom stereocenters. The lowest BCUT2D eigenvalue weighted by Gasteiger charge is -2.13. The van der Waals surface area contributed by atoms with Gasteiger partial charge in [0.1, 0.15) is 0 Å². The van der Waals surface area contributed by atoms with E-state index in [1.54, 1.807) is 12.1 Å². The third-order valence-corrected chi connectivity index (χ3v) is 3.62. The van der Waals surface area contributed by atoms with E-state index in [9.17, 15) is 14.4 Å². The molecule has 2 aliphatic heterocycles. The minimum absolute atomic E-state index is 0.0000435. The highest BCUT2D eigenvalue weighted by Crippen LogP contribution is 2.22. The van der Waals surface area contributed by atoms with E-state index in [1.165, 1.54) is 11.6 Å². The number of fused-ring (bicyclic) bond motifs is 2. The molecule has 0 amide bonds. The number of hydrogen-bond acceptors (Lipinski definition) is 5. The summed E-state index contributed by atoms with van der Waals surface area (Å²) in [5.41, 5.74) is 1.72. The maximum Gasteiger partial charge on any atom is 0.352 e. The van der Waals surface area contributed by atoms with Gasteiger partial charge in [-0.3, -0.25) is 18.7 Å². The Hall–Kier alpha value is -2.83. The molecule has 1 aromatic carbocycles. The van der Waals surface area contributed by atoms with Crippen LogP contribution >= 0.6 is 0 Å². The normalized spacial score (nSPS) is 11.2. The average Bonchev–Trinajstić information content (AvgIpc) is 2.45. The molecule has 2 aliphatic rings. The van der Waals surface area contributed by atoms with Crippen molar-refractivity contribution in [1.82, 2.24) is 19.1 Å². The van der Waals surface area contributed by atoms with Crippen molar-refractivity contribution >= 4 is 17.4 Å². The molecule has 7 heteroatoms. The second kappa shape index (κ2) is 4.34. The van der Waals surface area contributed by atoms with Crippen LogP contribution in [0.5, 0.6) is 0 Å². The van der Waals surface area contributed by atoms with Gasteiger partial charge in [-0.05, 0) is 37.1 Å². The Kier molecular flexibility index (Phi) is 2.72. The molecule has 0 spiro atoms. The van der Waals surface area contributed by atoms with Gasteiger partial charge < -0.3 is 0 Å². The Morgan fingerprint density at radius 3 is 2.43 bits per heavy atom. The average molecular weight is 284 g/mol. The molecule has 0 saturated carbocycles. The molecule has 0 saturated heterocycles. The van der Waals surface area contributed by atoms with Gasteiger partial charge in [0.25, 0.3) is 5.56 Å². The summed E-state index contributed by atoms with van der Waals surface area (Å²) >= 11 is 0. The third-order valence-electron chi connectivity index (χ3n) is 3.62. The fraction of sp³-hybridized carbons (Fsp3) is 0.214. The van der Waals surface area contributed by atoms with Crippen LogP contribution in [0.15, 0.2) is 21.7 Å². The topological polar surface area (TPSA) is 86.8 Å². The fourth-order valence-corrected chi connectivity index (χ4v) is 2.24. The number of hydrogen-bond donors (Lipinski definition) is 0. The summed E-state index contributed by atoms with van der Waals surface area (Å²) in [5.74, 6) is -0.0196. The standard InChI is InChI=1S/C14H12N4O3/c1-7-4-9-10(5-8(7)2)18(6-19)12-11(15-9)13(20)17(3)14(21)16-12/h4-6H,1-3H3. The first-order valence-corrected chi connectivity index (χ1v) is 6.29. The van der Waals surface area contributed by atoms with E-state index in [-0.39, 0.29) is 11.5 Å². The number of aryl methyl sites for hydroxylation is 2. The second-order valence-electron chi connectivity index (χ2n) is 4.94. The number of benzene rings is 1. The minimum atomic E-state index is -0.715. The molecule has 1 aromatic rings. The van der Waals surface area contributed by atoms with Crippen molar-refractivity contribution in [2.75, 3.05) is 0 Å². The molecule has 0 N–H and O–H groups in total. The predicted molar refractivity (Wildman–Crippen MR) is 77.3 cm³/mol. The Morgan fingerprint density at radius 1 is 1.10 bits per heavy atom. The van der Waals surface area contributed by atoms with Crippen LogP contribution in [0.4, 0.5) is 0 Å². The summed E-state index contributed by atoms with van der Waals surface area (Å²) in [6.07, 6.45) is 0.535. The number of rotatable bonds is 1. The van der Waals surface area contributed by atoms with Crippen molar-refractivity contribution in [1.29, 1.82) is 0 Å². The zero-order chi connectivity index (χ0) is 15.3. The molecular formula is C14H12N4O3. The smallest absolute Gasteiger partial charge is 0.278 e. The van der Waals surface area contributed by atoms with Gasteiger partial charge in [0.05, 0.1) is 11.0 Å². The third kappa shape index (κ3) is 1.78. The van der Waals surface area contributed by atoms with Crippen molar-refractivity contribution in [3.8, 4) is 11.5 Å². The van der Waals surface area contributed by atoms with Gasteiger partial charge in [-0.25, -0.2) is 9.78 Å². The maximum atomic E-state index is 12.1. The number of aromatic nitrogens is 4. The Balaban J connectivity index is 2.65. The quantitative estimate of drug-likeness (QED) is 0.472. The number of nitrogens with zero attached hydrogens (tertiary/aromatic N) is 4. The molecule has 0 aromatic heterocycles. The zero-order valence-electron chi connectivity index (χ0n) is 11.7. The molecular weight excluding hydrogens is 272 g/mol. The fourth-order valence-electron chi connectivity index (χ4n) is 2.24. The zero-order valence-corrected chi connectivity index (χ0v) is 11.7. The van der Waals surface area contributed by atoms with Gasteiger partial charge in [-0.1, -0.05) is 0 Å². The summed E-state index contributed by atoms with van der Waals surface area (Å²) in [6, 6.07) is 3.59. The van der Waals surface area contributed by atoms with Crippen molar-refractivity contribution in [3.63, 3.8) is 0 Å². The van der Waals surface area contributed by atoms with Crippen LogP contribution in [0.3, 0.4) is 0 Å². The number of carbonyl (C=O) groups excluding carboxylic acids is 1. The summed E-state index contributed by atoms with van der Waals surface area (Å²) in [5, 5.41) is 0. The second-order valence-corrected chi connectivity index (χ2v) is 4.94. The van der Waals surface area contributed by atoms with Crippen molar-refractivity contribution < 1.29 is 4.79 Å². The van der Waals surface area contributed by atoms with E-state index in [0.29, 0.717) is 17.4 Å². The van der Waals surface area contributed by atoms with E-state index in [2.05, 4.69) is 9.97 Å². The molecule has 21 heavy (non-hydrogen) atoms. The first-order chi connectivity index (χ1) is 9.93. The lowest BCUT2D eigenvalue weighted by Crippen LogP contribution is -2.36. The van der Waals surface area contributed by atoms with Gasteiger partial charge in [0.2, 0.25) is 6.41 Å². The molecule has 0 radical (unpaired) electrons. The largest absolute Gasteiger partial charge is 0.352 e. The summed E-state index contributed by atoms with van der Waals surface area (Å²) in [6.45, 7) is 3.83. The molecule has 7 nitrogen and oxygen atoms in total. The Bertz CT molecular complexity index is 984. The highest BCUT2D eigenvalue weighted by molar-refractivity contribution is 5.87. The molecule has 3 rings (SSSR count). The van der Waals surface area contributed by atoms with Crippen molar-refractivity contribution in [2.24, 2.45) is 7.05 Å². The van der Waals surface area contributed by atoms with E-state index in [4.69, 9.17) is 0 Å². The molecule has 0 unspecified atom stereocenters. The molecule has 0 bridgehead atoms. The first-order valence-electron chi connectivity index (χ1n) is 6.29. The summed E-state index contributed by atoms with van der Waals surface area (Å²) < 4.78 is 2.06. The lowest BCUT2D eigenvalue weighted by atomic mass is 10.1.